The van der Waals surface area contributed by atoms with Crippen molar-refractivity contribution in [2.45, 2.75) is 13.0 Å². The average Bonchev–Trinajstić information content (AvgIpc) is 3.04. The van der Waals surface area contributed by atoms with Gasteiger partial charge in [-0.2, -0.15) is 0 Å². The minimum Gasteiger partial charge on any atom is -0.543 e. The Morgan fingerprint density at radius 1 is 1.26 bits per heavy atom. The van der Waals surface area contributed by atoms with E-state index in [2.05, 4.69) is 20.9 Å². The average molecular weight is 479 g/mol. The fraction of sp³-hybridized carbons (Fsp3) is 0.111. The first-order valence-corrected chi connectivity index (χ1v) is 9.48. The first kappa shape index (κ1) is 22.3. The van der Waals surface area contributed by atoms with Crippen LogP contribution in [0.1, 0.15) is 26.6 Å². The summed E-state index contributed by atoms with van der Waals surface area (Å²) in [5.74, 6) is -1.16. The number of halogens is 3. The van der Waals surface area contributed by atoms with E-state index in [9.17, 15) is 14.3 Å². The van der Waals surface area contributed by atoms with Gasteiger partial charge in [0.1, 0.15) is 18.2 Å². The molecule has 0 spiro atoms. The molecular weight excluding hydrogens is 468 g/mol. The molecule has 3 rings (SSSR count). The zero-order chi connectivity index (χ0) is 18.7. The molecular formula is C18H11BrClFNNaO3S. The molecule has 0 radical (unpaired) electrons. The Hall–Kier alpha value is -0.960. The number of hydrogen-bond donors (Lipinski definition) is 0. The van der Waals surface area contributed by atoms with E-state index in [1.54, 1.807) is 30.3 Å². The Morgan fingerprint density at radius 3 is 2.70 bits per heavy atom. The maximum atomic E-state index is 13.9. The van der Waals surface area contributed by atoms with Crippen molar-refractivity contribution in [2.24, 2.45) is 0 Å². The van der Waals surface area contributed by atoms with Gasteiger partial charge in [0.2, 0.25) is 0 Å². The Morgan fingerprint density at radius 2 is 2.04 bits per heavy atom. The van der Waals surface area contributed by atoms with E-state index >= 15 is 0 Å². The molecule has 134 valence electrons. The van der Waals surface area contributed by atoms with E-state index in [4.69, 9.17) is 16.3 Å². The van der Waals surface area contributed by atoms with Gasteiger partial charge in [-0.05, 0) is 30.3 Å². The van der Waals surface area contributed by atoms with E-state index in [0.29, 0.717) is 32.2 Å². The number of thiazole rings is 1. The number of carboxylic acids is 1. The normalized spacial score (nSPS) is 10.3. The van der Waals surface area contributed by atoms with Gasteiger partial charge in [-0.1, -0.05) is 33.6 Å². The van der Waals surface area contributed by atoms with Crippen LogP contribution in [0.2, 0.25) is 5.02 Å². The van der Waals surface area contributed by atoms with Crippen molar-refractivity contribution >= 4 is 44.8 Å². The fourth-order valence-corrected chi connectivity index (χ4v) is 3.58. The van der Waals surface area contributed by atoms with Gasteiger partial charge >= 0.3 is 29.6 Å². The van der Waals surface area contributed by atoms with Gasteiger partial charge < -0.3 is 14.6 Å². The standard InChI is InChI=1S/C18H12BrClFNO3S.Na/c19-12-2-1-10(14(21)7-12)8-25-16-4-3-13(20)5-11(16)6-17-22-15(9-26-17)18(23)24;/h1-5,7,9H,6,8H2,(H,23,24);/q;+1/p-1. The molecule has 0 unspecified atom stereocenters. The number of aromatic nitrogens is 1. The van der Waals surface area contributed by atoms with Crippen molar-refractivity contribution in [1.29, 1.82) is 0 Å². The molecule has 9 heteroatoms. The summed E-state index contributed by atoms with van der Waals surface area (Å²) in [6, 6.07) is 9.84. The maximum Gasteiger partial charge on any atom is 1.00 e. The second kappa shape index (κ2) is 10.0. The predicted octanol–water partition coefficient (Wildman–Crippen LogP) is 1.24. The molecule has 0 atom stereocenters. The number of aromatic carboxylic acids is 1. The first-order chi connectivity index (χ1) is 12.4. The molecule has 0 aliphatic rings. The molecule has 0 bridgehead atoms. The number of carbonyl (C=O) groups excluding carboxylic acids is 1. The van der Waals surface area contributed by atoms with Gasteiger partial charge in [0.15, 0.2) is 0 Å². The van der Waals surface area contributed by atoms with Crippen LogP contribution in [0.3, 0.4) is 0 Å². The monoisotopic (exact) mass is 477 g/mol. The minimum atomic E-state index is -1.32. The third kappa shape index (κ3) is 6.01. The largest absolute Gasteiger partial charge is 1.00 e. The molecule has 3 aromatic rings. The van der Waals surface area contributed by atoms with Crippen LogP contribution < -0.4 is 39.4 Å². The van der Waals surface area contributed by atoms with Crippen molar-refractivity contribution in [3.8, 4) is 5.75 Å². The Kier molecular flexibility index (Phi) is 8.27. The molecule has 1 heterocycles. The van der Waals surface area contributed by atoms with Gasteiger partial charge in [0, 0.05) is 32.4 Å². The SMILES string of the molecule is O=C([O-])c1csc(Cc2cc(Cl)ccc2OCc2ccc(Br)cc2F)n1.[Na+]. The van der Waals surface area contributed by atoms with Crippen LogP contribution in [0.15, 0.2) is 46.3 Å². The zero-order valence-electron chi connectivity index (χ0n) is 14.2. The molecule has 27 heavy (non-hydrogen) atoms. The Bertz CT molecular complexity index is 970. The summed E-state index contributed by atoms with van der Waals surface area (Å²) in [6.45, 7) is 0.0515. The van der Waals surface area contributed by atoms with Gasteiger partial charge in [-0.25, -0.2) is 9.37 Å². The van der Waals surface area contributed by atoms with E-state index in [-0.39, 0.29) is 47.7 Å². The number of carboxylic acid groups (broad SMARTS) is 1. The molecule has 0 saturated heterocycles. The topological polar surface area (TPSA) is 62.2 Å². The summed E-state index contributed by atoms with van der Waals surface area (Å²) in [5.41, 5.74) is 1.04. The van der Waals surface area contributed by atoms with Gasteiger partial charge in [-0.3, -0.25) is 0 Å². The van der Waals surface area contributed by atoms with E-state index in [1.165, 1.54) is 22.8 Å². The van der Waals surface area contributed by atoms with Crippen molar-refractivity contribution in [3.05, 3.63) is 78.9 Å². The number of hydrogen-bond acceptors (Lipinski definition) is 5. The quantitative estimate of drug-likeness (QED) is 0.500. The summed E-state index contributed by atoms with van der Waals surface area (Å²) >= 11 is 10.5. The summed E-state index contributed by atoms with van der Waals surface area (Å²) in [5, 5.41) is 13.4. The smallest absolute Gasteiger partial charge is 0.543 e. The summed E-state index contributed by atoms with van der Waals surface area (Å²) in [6.07, 6.45) is 0.344. The predicted molar refractivity (Wildman–Crippen MR) is 99.1 cm³/mol. The number of nitrogens with zero attached hydrogens (tertiary/aromatic N) is 1. The van der Waals surface area contributed by atoms with Crippen molar-refractivity contribution in [3.63, 3.8) is 0 Å². The van der Waals surface area contributed by atoms with Crippen molar-refractivity contribution in [2.75, 3.05) is 0 Å². The molecule has 0 amide bonds. The van der Waals surface area contributed by atoms with Crippen LogP contribution in [0.5, 0.6) is 5.75 Å². The number of benzene rings is 2. The van der Waals surface area contributed by atoms with E-state index in [1.807, 2.05) is 0 Å². The second-order valence-corrected chi connectivity index (χ2v) is 7.66. The second-order valence-electron chi connectivity index (χ2n) is 5.37. The van der Waals surface area contributed by atoms with E-state index < -0.39 is 5.97 Å². The van der Waals surface area contributed by atoms with Crippen LogP contribution in [-0.4, -0.2) is 11.0 Å². The molecule has 4 nitrogen and oxygen atoms in total. The Balaban J connectivity index is 0.00000261. The minimum absolute atomic E-state index is 0. The van der Waals surface area contributed by atoms with Crippen molar-refractivity contribution < 1.29 is 48.6 Å². The molecule has 0 aliphatic heterocycles. The third-order valence-corrected chi connectivity index (χ3v) is 5.10. The van der Waals surface area contributed by atoms with Crippen LogP contribution in [-0.2, 0) is 13.0 Å². The number of ether oxygens (including phenoxy) is 1. The molecule has 2 aromatic carbocycles. The zero-order valence-corrected chi connectivity index (χ0v) is 19.3. The third-order valence-electron chi connectivity index (χ3n) is 3.52. The number of rotatable bonds is 6. The molecule has 1 aromatic heterocycles. The molecule has 0 fully saturated rings. The first-order valence-electron chi connectivity index (χ1n) is 7.43. The maximum absolute atomic E-state index is 13.9. The number of carbonyl (C=O) groups is 1. The fourth-order valence-electron chi connectivity index (χ4n) is 2.27. The molecule has 0 aliphatic carbocycles. The van der Waals surface area contributed by atoms with Crippen LogP contribution in [0.4, 0.5) is 4.39 Å². The van der Waals surface area contributed by atoms with Crippen LogP contribution in [0, 0.1) is 5.82 Å². The van der Waals surface area contributed by atoms with Gasteiger partial charge in [0.05, 0.1) is 16.7 Å². The summed E-state index contributed by atoms with van der Waals surface area (Å²) in [4.78, 5) is 14.9. The van der Waals surface area contributed by atoms with Crippen LogP contribution in [0.25, 0.3) is 0 Å². The van der Waals surface area contributed by atoms with Gasteiger partial charge in [0.25, 0.3) is 0 Å². The van der Waals surface area contributed by atoms with Gasteiger partial charge in [-0.15, -0.1) is 11.3 Å². The van der Waals surface area contributed by atoms with E-state index in [0.717, 1.165) is 5.56 Å². The molecule has 0 N–H and O–H groups in total. The summed E-state index contributed by atoms with van der Waals surface area (Å²) < 4.78 is 20.4. The molecule has 0 saturated carbocycles. The van der Waals surface area contributed by atoms with Crippen molar-refractivity contribution in [1.82, 2.24) is 4.98 Å². The summed E-state index contributed by atoms with van der Waals surface area (Å²) in [7, 11) is 0. The van der Waals surface area contributed by atoms with Crippen LogP contribution >= 0.6 is 38.9 Å². The Labute approximate surface area is 194 Å².